The zero-order chi connectivity index (χ0) is 50.3. The highest BCUT2D eigenvalue weighted by atomic mass is 16.5. The Morgan fingerprint density at radius 2 is 0.931 bits per heavy atom. The van der Waals surface area contributed by atoms with Crippen LogP contribution in [0.25, 0.3) is 44.8 Å². The molecule has 4 N–H and O–H groups in total. The molecule has 4 unspecified atom stereocenters. The first-order valence-electron chi connectivity index (χ1n) is 26.6. The van der Waals surface area contributed by atoms with Gasteiger partial charge >= 0.3 is 12.2 Å². The van der Waals surface area contributed by atoms with E-state index in [1.54, 1.807) is 5.56 Å². The molecule has 4 bridgehead atoms. The van der Waals surface area contributed by atoms with Gasteiger partial charge in [-0.3, -0.25) is 9.59 Å². The number of methoxy groups -OCH3 is 2. The molecule has 72 heavy (non-hydrogen) atoms. The summed E-state index contributed by atoms with van der Waals surface area (Å²) in [4.78, 5) is 73.3. The van der Waals surface area contributed by atoms with Crippen LogP contribution in [0.5, 0.6) is 0 Å². The zero-order valence-electron chi connectivity index (χ0n) is 43.0. The summed E-state index contributed by atoms with van der Waals surface area (Å²) in [6.07, 6.45) is 11.5. The van der Waals surface area contributed by atoms with Gasteiger partial charge in [-0.2, -0.15) is 0 Å². The minimum Gasteiger partial charge on any atom is -0.453 e. The molecule has 378 valence electrons. The average molecular weight is 975 g/mol. The molecule has 4 fully saturated rings. The predicted molar refractivity (Wildman–Crippen MR) is 276 cm³/mol. The zero-order valence-corrected chi connectivity index (χ0v) is 43.0. The molecule has 3 aromatic carbocycles. The number of fused-ring (bicyclic) bond motifs is 10. The number of ether oxygens (including phenoxy) is 2. The van der Waals surface area contributed by atoms with E-state index in [-0.39, 0.29) is 41.7 Å². The van der Waals surface area contributed by atoms with Crippen molar-refractivity contribution in [1.29, 1.82) is 0 Å². The van der Waals surface area contributed by atoms with Gasteiger partial charge in [-0.1, -0.05) is 90.1 Å². The molecule has 2 saturated carbocycles. The molecule has 5 aromatic rings. The van der Waals surface area contributed by atoms with Crippen molar-refractivity contribution in [3.05, 3.63) is 94.8 Å². The van der Waals surface area contributed by atoms with Crippen LogP contribution in [0.15, 0.2) is 60.9 Å². The molecule has 11 rings (SSSR count). The van der Waals surface area contributed by atoms with Crippen molar-refractivity contribution in [3.8, 4) is 44.8 Å². The highest BCUT2D eigenvalue weighted by Gasteiger charge is 2.46. The van der Waals surface area contributed by atoms with Gasteiger partial charge in [0.15, 0.2) is 0 Å². The topological polar surface area (TPSA) is 175 Å². The maximum atomic E-state index is 14.1. The molecule has 2 saturated heterocycles. The largest absolute Gasteiger partial charge is 0.453 e. The van der Waals surface area contributed by atoms with Crippen LogP contribution in [0.3, 0.4) is 0 Å². The number of amides is 4. The Morgan fingerprint density at radius 3 is 1.39 bits per heavy atom. The van der Waals surface area contributed by atoms with Gasteiger partial charge in [-0.25, -0.2) is 19.6 Å². The minimum atomic E-state index is -0.694. The molecular weight excluding hydrogens is 905 g/mol. The number of nitrogens with one attached hydrogen (secondary N) is 4. The van der Waals surface area contributed by atoms with E-state index in [9.17, 15) is 19.2 Å². The first kappa shape index (κ1) is 47.9. The fourth-order valence-electron chi connectivity index (χ4n) is 14.0. The molecular formula is C58H70N8O6. The van der Waals surface area contributed by atoms with Crippen molar-refractivity contribution in [2.75, 3.05) is 27.3 Å². The van der Waals surface area contributed by atoms with Crippen LogP contribution in [0.4, 0.5) is 9.59 Å². The van der Waals surface area contributed by atoms with E-state index in [1.807, 2.05) is 49.9 Å². The van der Waals surface area contributed by atoms with Crippen LogP contribution in [0, 0.1) is 23.7 Å². The van der Waals surface area contributed by atoms with E-state index in [2.05, 4.69) is 83.0 Å². The number of imidazole rings is 2. The minimum absolute atomic E-state index is 0.107. The number of hydrogen-bond acceptors (Lipinski definition) is 8. The average Bonchev–Trinajstić information content (AvgIpc) is 4.25. The summed E-state index contributed by atoms with van der Waals surface area (Å²) in [5.41, 5.74) is 15.6. The lowest BCUT2D eigenvalue weighted by atomic mass is 9.77. The van der Waals surface area contributed by atoms with Crippen molar-refractivity contribution in [2.24, 2.45) is 23.7 Å². The lowest BCUT2D eigenvalue weighted by Gasteiger charge is -2.30. The Hall–Kier alpha value is -6.44. The van der Waals surface area contributed by atoms with Gasteiger partial charge in [0.2, 0.25) is 11.8 Å². The molecule has 6 aliphatic rings. The Kier molecular flexibility index (Phi) is 12.5. The molecule has 4 aliphatic carbocycles. The number of likely N-dealkylation sites (tertiary alicyclic amines) is 2. The van der Waals surface area contributed by atoms with E-state index in [0.717, 1.165) is 41.4 Å². The fourth-order valence-corrected chi connectivity index (χ4v) is 14.0. The number of benzene rings is 3. The van der Waals surface area contributed by atoms with Crippen molar-refractivity contribution < 1.29 is 28.7 Å². The van der Waals surface area contributed by atoms with Crippen LogP contribution in [-0.4, -0.2) is 93.1 Å². The number of aromatic nitrogens is 4. The van der Waals surface area contributed by atoms with Crippen LogP contribution >= 0.6 is 0 Å². The number of carbonyl (C=O) groups is 4. The van der Waals surface area contributed by atoms with E-state index in [1.165, 1.54) is 97.3 Å². The highest BCUT2D eigenvalue weighted by molar-refractivity contribution is 5.88. The number of alkyl carbamates (subject to hydrolysis) is 2. The maximum Gasteiger partial charge on any atom is 0.407 e. The second-order valence-electron chi connectivity index (χ2n) is 22.7. The molecule has 0 spiro atoms. The predicted octanol–water partition coefficient (Wildman–Crippen LogP) is 11.1. The van der Waals surface area contributed by atoms with Crippen LogP contribution in [0.2, 0.25) is 0 Å². The van der Waals surface area contributed by atoms with Gasteiger partial charge in [-0.05, 0) is 149 Å². The smallest absolute Gasteiger partial charge is 0.407 e. The van der Waals surface area contributed by atoms with Gasteiger partial charge in [0, 0.05) is 18.7 Å². The molecule has 2 aliphatic heterocycles. The lowest BCUT2D eigenvalue weighted by molar-refractivity contribution is -0.136. The summed E-state index contributed by atoms with van der Waals surface area (Å²) in [6, 6.07) is 16.6. The highest BCUT2D eigenvalue weighted by Crippen LogP contribution is 2.62. The van der Waals surface area contributed by atoms with Gasteiger partial charge in [0.1, 0.15) is 23.7 Å². The summed E-state index contributed by atoms with van der Waals surface area (Å²) in [5.74, 6) is 3.83. The molecule has 2 aromatic heterocycles. The van der Waals surface area contributed by atoms with Crippen molar-refractivity contribution in [2.45, 2.75) is 141 Å². The second kappa shape index (κ2) is 18.9. The second-order valence-corrected chi connectivity index (χ2v) is 22.7. The standard InChI is InChI=1S/C58H70N8O6/c1-29(2)51(63-57(69)71-7)55(67)65-27-31(5)21-45(65)53-59-25-43(61-53)34-11-9-33(10-12-34)39-17-18-40(48-36-14-13-35(23-36)47(39)48)41-19-20-42(50-38-16-15-37(24-38)49(41)50)44-26-60-54(62-44)46-22-32(6)28-66(46)56(68)52(30(3)4)64-58(70)72-8/h9-12,17-20,25-26,29-32,35-38,45-46,51-52H,13-16,21-24,27-28H2,1-8H3,(H,59,61)(H,60,62)(H,63,69)(H,64,70)/t31-,32-,35?,36?,37?,38?,45-,46-,51-,52-/m0/s1. The van der Waals surface area contributed by atoms with E-state index in [0.29, 0.717) is 42.7 Å². The summed E-state index contributed by atoms with van der Waals surface area (Å²) < 4.78 is 9.72. The Labute approximate surface area is 422 Å². The Bertz CT molecular complexity index is 2920. The van der Waals surface area contributed by atoms with Crippen LogP contribution in [0.1, 0.15) is 163 Å². The molecule has 4 heterocycles. The molecule has 4 amide bonds. The summed E-state index contributed by atoms with van der Waals surface area (Å²) in [6.45, 7) is 13.3. The summed E-state index contributed by atoms with van der Waals surface area (Å²) >= 11 is 0. The number of hydrogen-bond donors (Lipinski definition) is 4. The van der Waals surface area contributed by atoms with E-state index >= 15 is 0 Å². The number of rotatable bonds is 12. The monoisotopic (exact) mass is 975 g/mol. The third-order valence-electron chi connectivity index (χ3n) is 17.4. The third kappa shape index (κ3) is 8.26. The van der Waals surface area contributed by atoms with Crippen LogP contribution < -0.4 is 10.6 Å². The van der Waals surface area contributed by atoms with Gasteiger partial charge in [0.25, 0.3) is 0 Å². The molecule has 0 radical (unpaired) electrons. The van der Waals surface area contributed by atoms with Gasteiger partial charge < -0.3 is 39.9 Å². The third-order valence-corrected chi connectivity index (χ3v) is 17.4. The number of carbonyl (C=O) groups excluding carboxylic acids is 4. The Balaban J connectivity index is 0.870. The molecule has 14 nitrogen and oxygen atoms in total. The van der Waals surface area contributed by atoms with E-state index in [4.69, 9.17) is 19.4 Å². The quantitative estimate of drug-likeness (QED) is 0.0955. The summed E-state index contributed by atoms with van der Waals surface area (Å²) in [7, 11) is 2.63. The fraction of sp³-hybridized carbons (Fsp3) is 0.517. The molecule has 10 atom stereocenters. The van der Waals surface area contributed by atoms with Gasteiger partial charge in [0.05, 0.1) is 50.1 Å². The van der Waals surface area contributed by atoms with Crippen molar-refractivity contribution in [3.63, 3.8) is 0 Å². The van der Waals surface area contributed by atoms with Crippen molar-refractivity contribution >= 4 is 24.0 Å². The SMILES string of the molecule is COC(=O)N[C@H](C(=O)N1C[C@@H](C)C[C@H]1c1ncc(-c2ccc(-c3ccc(-c4ccc(-c5cnc([C@@H]6C[C@H](C)CN6C(=O)[C@@H](NC(=O)OC)C(C)C)[nH]5)c5c4C4CCC5C4)c4c3C3CCC4C3)cc2)[nH]1)C(C)C. The first-order valence-corrected chi connectivity index (χ1v) is 26.6. The normalized spacial score (nSPS) is 25.5. The summed E-state index contributed by atoms with van der Waals surface area (Å²) in [5, 5.41) is 5.54. The Morgan fingerprint density at radius 1 is 0.542 bits per heavy atom. The van der Waals surface area contributed by atoms with Gasteiger partial charge in [-0.15, -0.1) is 0 Å². The molecule has 14 heteroatoms. The van der Waals surface area contributed by atoms with E-state index < -0.39 is 24.3 Å². The first-order chi connectivity index (χ1) is 34.7. The van der Waals surface area contributed by atoms with Crippen molar-refractivity contribution in [1.82, 2.24) is 40.4 Å². The maximum absolute atomic E-state index is 14.1. The number of aromatic amines is 2. The van der Waals surface area contributed by atoms with Crippen LogP contribution in [-0.2, 0) is 19.1 Å². The lowest BCUT2D eigenvalue weighted by Crippen LogP contribution is -2.51. The number of nitrogens with zero attached hydrogens (tertiary/aromatic N) is 4. The number of H-pyrrole nitrogens is 2.